The highest BCUT2D eigenvalue weighted by Gasteiger charge is 2.24. The molecule has 0 aliphatic carbocycles. The van der Waals surface area contributed by atoms with Crippen LogP contribution in [0.5, 0.6) is 11.6 Å². The van der Waals surface area contributed by atoms with E-state index in [-0.39, 0.29) is 6.61 Å². The molecule has 0 saturated carbocycles. The second-order valence-electron chi connectivity index (χ2n) is 7.49. The van der Waals surface area contributed by atoms with Crippen molar-refractivity contribution in [3.63, 3.8) is 0 Å². The fraction of sp³-hybridized carbons (Fsp3) is 0.348. The molecule has 1 aliphatic heterocycles. The summed E-state index contributed by atoms with van der Waals surface area (Å²) in [6.45, 7) is 5.94. The van der Waals surface area contributed by atoms with Crippen LogP contribution in [0, 0.1) is 0 Å². The molecule has 3 aromatic rings. The van der Waals surface area contributed by atoms with E-state index in [1.807, 2.05) is 18.2 Å². The Labute approximate surface area is 196 Å². The molecule has 0 atom stereocenters. The zero-order chi connectivity index (χ0) is 22.7. The molecule has 2 heterocycles. The molecule has 1 saturated heterocycles. The summed E-state index contributed by atoms with van der Waals surface area (Å²) in [4.78, 5) is 19.8. The van der Waals surface area contributed by atoms with Crippen molar-refractivity contribution < 1.29 is 19.0 Å². The predicted octanol–water partition coefficient (Wildman–Crippen LogP) is 5.34. The van der Waals surface area contributed by atoms with Gasteiger partial charge in [0.1, 0.15) is 5.75 Å². The normalized spacial score (nSPS) is 14.6. The molecule has 1 N–H and O–H groups in total. The highest BCUT2D eigenvalue weighted by atomic mass is 35.5. The van der Waals surface area contributed by atoms with Crippen LogP contribution >= 0.6 is 23.2 Å². The van der Waals surface area contributed by atoms with Gasteiger partial charge in [-0.05, 0) is 31.2 Å². The van der Waals surface area contributed by atoms with E-state index in [0.29, 0.717) is 28.0 Å². The zero-order valence-corrected chi connectivity index (χ0v) is 19.5. The summed E-state index contributed by atoms with van der Waals surface area (Å²) in [5.41, 5.74) is 2.66. The fourth-order valence-electron chi connectivity index (χ4n) is 3.95. The average Bonchev–Trinajstić information content (AvgIpc) is 3.11. The molecule has 0 spiro atoms. The van der Waals surface area contributed by atoms with E-state index in [1.165, 1.54) is 0 Å². The maximum absolute atomic E-state index is 12.0. The van der Waals surface area contributed by atoms with Crippen molar-refractivity contribution in [3.8, 4) is 11.6 Å². The molecule has 32 heavy (non-hydrogen) atoms. The molecular formula is C23H25Cl2N3O4. The number of benzene rings is 2. The number of nitrogens with one attached hydrogen (secondary N) is 1. The number of hydrogen-bond acceptors (Lipinski definition) is 6. The molecular weight excluding hydrogens is 453 g/mol. The van der Waals surface area contributed by atoms with Crippen LogP contribution in [0.25, 0.3) is 10.9 Å². The van der Waals surface area contributed by atoms with E-state index >= 15 is 0 Å². The molecule has 0 radical (unpaired) electrons. The third-order valence-corrected chi connectivity index (χ3v) is 6.02. The molecule has 2 aromatic carbocycles. The Morgan fingerprint density at radius 3 is 2.62 bits per heavy atom. The van der Waals surface area contributed by atoms with Crippen LogP contribution in [0.3, 0.4) is 0 Å². The van der Waals surface area contributed by atoms with Crippen molar-refractivity contribution in [1.29, 1.82) is 0 Å². The van der Waals surface area contributed by atoms with Crippen LogP contribution in [0.4, 0.5) is 10.5 Å². The number of aromatic nitrogens is 1. The van der Waals surface area contributed by atoms with Crippen molar-refractivity contribution in [2.24, 2.45) is 0 Å². The first-order valence-corrected chi connectivity index (χ1v) is 11.2. The van der Waals surface area contributed by atoms with Crippen LogP contribution in [-0.2, 0) is 11.3 Å². The smallest absolute Gasteiger partial charge is 0.497 e. The van der Waals surface area contributed by atoms with E-state index in [9.17, 15) is 4.79 Å². The van der Waals surface area contributed by atoms with Gasteiger partial charge in [-0.1, -0.05) is 29.3 Å². The first-order valence-electron chi connectivity index (χ1n) is 10.4. The van der Waals surface area contributed by atoms with Crippen LogP contribution in [-0.4, -0.2) is 55.9 Å². The van der Waals surface area contributed by atoms with Crippen molar-refractivity contribution in [1.82, 2.24) is 9.88 Å². The molecule has 9 heteroatoms. The van der Waals surface area contributed by atoms with Gasteiger partial charge in [0.25, 0.3) is 0 Å². The number of carbonyl (C=O) groups is 1. The quantitative estimate of drug-likeness (QED) is 0.483. The zero-order valence-electron chi connectivity index (χ0n) is 18.0. The number of anilines is 1. The molecule has 0 bridgehead atoms. The van der Waals surface area contributed by atoms with Crippen LogP contribution in [0.1, 0.15) is 12.5 Å². The molecule has 170 valence electrons. The minimum absolute atomic E-state index is 0.229. The Kier molecular flexibility index (Phi) is 6.98. The average molecular weight is 478 g/mol. The van der Waals surface area contributed by atoms with E-state index in [1.54, 1.807) is 26.2 Å². The molecule has 1 aromatic heterocycles. The summed E-state index contributed by atoms with van der Waals surface area (Å²) >= 11 is 12.7. The summed E-state index contributed by atoms with van der Waals surface area (Å²) < 4.78 is 15.8. The Balaban J connectivity index is 1.54. The second-order valence-corrected chi connectivity index (χ2v) is 8.34. The number of carbonyl (C=O) groups excluding carboxylic acids is 1. The highest BCUT2D eigenvalue weighted by Crippen LogP contribution is 2.37. The van der Waals surface area contributed by atoms with Gasteiger partial charge in [0.2, 0.25) is 5.88 Å². The monoisotopic (exact) mass is 477 g/mol. The molecule has 4 rings (SSSR count). The van der Waals surface area contributed by atoms with Gasteiger partial charge in [-0.15, -0.1) is 0 Å². The summed E-state index contributed by atoms with van der Waals surface area (Å²) in [7, 11) is 1.67. The number of rotatable bonds is 6. The maximum atomic E-state index is 12.0. The van der Waals surface area contributed by atoms with Gasteiger partial charge in [0, 0.05) is 60.4 Å². The van der Waals surface area contributed by atoms with Crippen molar-refractivity contribution in [2.45, 2.75) is 13.5 Å². The highest BCUT2D eigenvalue weighted by molar-refractivity contribution is 6.38. The van der Waals surface area contributed by atoms with Crippen molar-refractivity contribution >= 4 is 45.9 Å². The van der Waals surface area contributed by atoms with Gasteiger partial charge in [-0.25, -0.2) is 4.79 Å². The van der Waals surface area contributed by atoms with Crippen LogP contribution in [0.2, 0.25) is 10.0 Å². The topological polar surface area (TPSA) is 67.0 Å². The third kappa shape index (κ3) is 4.90. The number of ether oxygens (including phenoxy) is 3. The fourth-order valence-corrected chi connectivity index (χ4v) is 4.56. The number of nitrogens with zero attached hydrogens (tertiary/aromatic N) is 2. The van der Waals surface area contributed by atoms with Gasteiger partial charge in [-0.2, -0.15) is 0 Å². The number of methoxy groups -OCH3 is 1. The lowest BCUT2D eigenvalue weighted by molar-refractivity contribution is 0.102. The number of aromatic amines is 1. The van der Waals surface area contributed by atoms with E-state index in [0.717, 1.165) is 48.6 Å². The Bertz CT molecular complexity index is 1110. The standard InChI is InChI=1S/C23H25Cl2N3O4/c1-3-31-23(29)32-22-18(21-19(25)11-15(24)12-20(21)26-22)14-27-7-9-28(10-8-27)16-5-4-6-17(13-16)30-2/h4-6,11-13,26H,3,7-10,14H2,1-2H3. The molecule has 0 unspecified atom stereocenters. The first kappa shape index (κ1) is 22.6. The number of H-pyrrole nitrogens is 1. The Hall–Kier alpha value is -2.61. The summed E-state index contributed by atoms with van der Waals surface area (Å²) in [6, 6.07) is 11.5. The minimum atomic E-state index is -0.759. The van der Waals surface area contributed by atoms with E-state index < -0.39 is 6.16 Å². The lowest BCUT2D eigenvalue weighted by Crippen LogP contribution is -2.46. The van der Waals surface area contributed by atoms with Crippen LogP contribution < -0.4 is 14.4 Å². The van der Waals surface area contributed by atoms with E-state index in [4.69, 9.17) is 37.4 Å². The Morgan fingerprint density at radius 1 is 1.12 bits per heavy atom. The summed E-state index contributed by atoms with van der Waals surface area (Å²) in [6.07, 6.45) is -0.759. The van der Waals surface area contributed by atoms with Gasteiger partial charge in [0.15, 0.2) is 0 Å². The number of fused-ring (bicyclic) bond motifs is 1. The SMILES string of the molecule is CCOC(=O)Oc1[nH]c2cc(Cl)cc(Cl)c2c1CN1CCN(c2cccc(OC)c2)CC1. The lowest BCUT2D eigenvalue weighted by atomic mass is 10.1. The number of halogens is 2. The Morgan fingerprint density at radius 2 is 1.91 bits per heavy atom. The van der Waals surface area contributed by atoms with Gasteiger partial charge >= 0.3 is 6.16 Å². The molecule has 1 aliphatic rings. The van der Waals surface area contributed by atoms with Crippen molar-refractivity contribution in [3.05, 3.63) is 52.0 Å². The maximum Gasteiger partial charge on any atom is 0.515 e. The first-order chi connectivity index (χ1) is 15.5. The van der Waals surface area contributed by atoms with E-state index in [2.05, 4.69) is 20.9 Å². The third-order valence-electron chi connectivity index (χ3n) is 5.50. The lowest BCUT2D eigenvalue weighted by Gasteiger charge is -2.36. The summed E-state index contributed by atoms with van der Waals surface area (Å²) in [5, 5.41) is 1.81. The minimum Gasteiger partial charge on any atom is -0.497 e. The molecule has 1 fully saturated rings. The predicted molar refractivity (Wildman–Crippen MR) is 126 cm³/mol. The molecule has 7 nitrogen and oxygen atoms in total. The number of piperazine rings is 1. The van der Waals surface area contributed by atoms with Crippen molar-refractivity contribution in [2.75, 3.05) is 44.8 Å². The number of hydrogen-bond donors (Lipinski definition) is 1. The second kappa shape index (κ2) is 9.90. The largest absolute Gasteiger partial charge is 0.515 e. The van der Waals surface area contributed by atoms with Crippen LogP contribution in [0.15, 0.2) is 36.4 Å². The summed E-state index contributed by atoms with van der Waals surface area (Å²) in [5.74, 6) is 1.18. The van der Waals surface area contributed by atoms with Gasteiger partial charge in [-0.3, -0.25) is 4.90 Å². The van der Waals surface area contributed by atoms with Gasteiger partial charge < -0.3 is 24.1 Å². The molecule has 0 amide bonds. The van der Waals surface area contributed by atoms with Gasteiger partial charge in [0.05, 0.1) is 24.3 Å².